The second kappa shape index (κ2) is 7.64. The van der Waals surface area contributed by atoms with Crippen molar-refractivity contribution in [3.05, 3.63) is 65.2 Å². The second-order valence-electron chi connectivity index (χ2n) is 5.43. The Morgan fingerprint density at radius 3 is 2.45 bits per heavy atom. The molecule has 0 aliphatic rings. The highest BCUT2D eigenvalue weighted by Gasteiger charge is 2.18. The van der Waals surface area contributed by atoms with E-state index >= 15 is 0 Å². The number of benzene rings is 2. The van der Waals surface area contributed by atoms with Crippen molar-refractivity contribution in [1.29, 1.82) is 0 Å². The summed E-state index contributed by atoms with van der Waals surface area (Å²) in [5.41, 5.74) is 3.04. The van der Waals surface area contributed by atoms with Crippen LogP contribution < -0.4 is 4.74 Å². The van der Waals surface area contributed by atoms with Crippen LogP contribution in [-0.2, 0) is 4.74 Å². The highest BCUT2D eigenvalue weighted by molar-refractivity contribution is 5.65. The van der Waals surface area contributed by atoms with Gasteiger partial charge in [-0.3, -0.25) is 0 Å². The average molecular weight is 298 g/mol. The second-order valence-corrected chi connectivity index (χ2v) is 5.43. The zero-order valence-corrected chi connectivity index (χ0v) is 13.3. The van der Waals surface area contributed by atoms with E-state index in [2.05, 4.69) is 6.92 Å². The summed E-state index contributed by atoms with van der Waals surface area (Å²) in [6.07, 6.45) is 0.765. The van der Waals surface area contributed by atoms with Crippen LogP contribution in [0.15, 0.2) is 48.5 Å². The molecule has 1 unspecified atom stereocenters. The highest BCUT2D eigenvalue weighted by atomic mass is 16.7. The first-order chi connectivity index (χ1) is 10.6. The molecule has 22 heavy (non-hydrogen) atoms. The van der Waals surface area contributed by atoms with Crippen LogP contribution in [0.25, 0.3) is 0 Å². The van der Waals surface area contributed by atoms with Gasteiger partial charge in [0, 0.05) is 0 Å². The molecule has 116 valence electrons. The maximum absolute atomic E-state index is 12.1. The van der Waals surface area contributed by atoms with E-state index in [1.54, 1.807) is 6.07 Å². The molecule has 0 bridgehead atoms. The molecule has 0 aliphatic carbocycles. The molecule has 0 saturated carbocycles. The third kappa shape index (κ3) is 4.35. The normalized spacial score (nSPS) is 11.8. The van der Waals surface area contributed by atoms with Crippen molar-refractivity contribution in [3.63, 3.8) is 0 Å². The van der Waals surface area contributed by atoms with E-state index in [0.717, 1.165) is 29.5 Å². The van der Waals surface area contributed by atoms with Crippen LogP contribution in [0.5, 0.6) is 5.75 Å². The standard InChI is InChI=1S/C19H22O3/c1-4-8-18(16-9-6-5-7-10-16)22-19(20)21-17-12-11-14(2)13-15(17)3/h5-7,9-13,18H,4,8H2,1-3H3. The Kier molecular flexibility index (Phi) is 5.59. The first kappa shape index (κ1) is 16.1. The molecule has 3 nitrogen and oxygen atoms in total. The van der Waals surface area contributed by atoms with Gasteiger partial charge >= 0.3 is 6.16 Å². The van der Waals surface area contributed by atoms with Gasteiger partial charge in [0.1, 0.15) is 11.9 Å². The number of hydrogen-bond acceptors (Lipinski definition) is 3. The molecule has 0 N–H and O–H groups in total. The largest absolute Gasteiger partial charge is 0.514 e. The van der Waals surface area contributed by atoms with Crippen LogP contribution in [0.4, 0.5) is 4.79 Å². The van der Waals surface area contributed by atoms with Crippen molar-refractivity contribution in [2.75, 3.05) is 0 Å². The summed E-state index contributed by atoms with van der Waals surface area (Å²) in [5.74, 6) is 0.541. The zero-order valence-electron chi connectivity index (χ0n) is 13.3. The number of carbonyl (C=O) groups excluding carboxylic acids is 1. The predicted molar refractivity (Wildman–Crippen MR) is 87.1 cm³/mol. The number of rotatable bonds is 5. The van der Waals surface area contributed by atoms with Gasteiger partial charge in [0.15, 0.2) is 0 Å². The SMILES string of the molecule is CCCC(OC(=O)Oc1ccc(C)cc1C)c1ccccc1. The molecule has 0 saturated heterocycles. The third-order valence-electron chi connectivity index (χ3n) is 3.48. The summed E-state index contributed by atoms with van der Waals surface area (Å²) in [6.45, 7) is 5.98. The maximum Gasteiger partial charge on any atom is 0.514 e. The number of hydrogen-bond donors (Lipinski definition) is 0. The summed E-state index contributed by atoms with van der Waals surface area (Å²) < 4.78 is 10.8. The lowest BCUT2D eigenvalue weighted by Gasteiger charge is -2.17. The summed E-state index contributed by atoms with van der Waals surface area (Å²) in [4.78, 5) is 12.1. The van der Waals surface area contributed by atoms with E-state index in [9.17, 15) is 4.79 Å². The van der Waals surface area contributed by atoms with E-state index in [0.29, 0.717) is 5.75 Å². The van der Waals surface area contributed by atoms with Crippen molar-refractivity contribution in [3.8, 4) is 5.75 Å². The van der Waals surface area contributed by atoms with Gasteiger partial charge < -0.3 is 9.47 Å². The smallest absolute Gasteiger partial charge is 0.426 e. The van der Waals surface area contributed by atoms with Crippen LogP contribution in [0.3, 0.4) is 0 Å². The minimum absolute atomic E-state index is 0.274. The molecule has 2 rings (SSSR count). The fourth-order valence-corrected chi connectivity index (χ4v) is 2.37. The molecule has 2 aromatic carbocycles. The molecule has 0 heterocycles. The van der Waals surface area contributed by atoms with E-state index in [1.807, 2.05) is 56.3 Å². The lowest BCUT2D eigenvalue weighted by Crippen LogP contribution is -2.15. The van der Waals surface area contributed by atoms with Crippen LogP contribution >= 0.6 is 0 Å². The van der Waals surface area contributed by atoms with Gasteiger partial charge in [-0.2, -0.15) is 0 Å². The van der Waals surface area contributed by atoms with Gasteiger partial charge in [-0.15, -0.1) is 0 Å². The lowest BCUT2D eigenvalue weighted by molar-refractivity contribution is 0.0535. The zero-order chi connectivity index (χ0) is 15.9. The first-order valence-corrected chi connectivity index (χ1v) is 7.60. The van der Waals surface area contributed by atoms with Crippen molar-refractivity contribution >= 4 is 6.16 Å². The molecular formula is C19H22O3. The molecule has 0 fully saturated rings. The Labute approximate surface area is 131 Å². The van der Waals surface area contributed by atoms with E-state index < -0.39 is 6.16 Å². The van der Waals surface area contributed by atoms with Gasteiger partial charge in [0.05, 0.1) is 0 Å². The van der Waals surface area contributed by atoms with Crippen LogP contribution in [0.2, 0.25) is 0 Å². The minimum atomic E-state index is -0.658. The summed E-state index contributed by atoms with van der Waals surface area (Å²) >= 11 is 0. The fourth-order valence-electron chi connectivity index (χ4n) is 2.37. The Morgan fingerprint density at radius 1 is 1.09 bits per heavy atom. The quantitative estimate of drug-likeness (QED) is 0.550. The van der Waals surface area contributed by atoms with Gasteiger partial charge in [-0.1, -0.05) is 61.4 Å². The predicted octanol–water partition coefficient (Wildman–Crippen LogP) is 5.36. The Hall–Kier alpha value is -2.29. The summed E-state index contributed by atoms with van der Waals surface area (Å²) in [7, 11) is 0. The lowest BCUT2D eigenvalue weighted by atomic mass is 10.1. The number of ether oxygens (including phenoxy) is 2. The number of carbonyl (C=O) groups is 1. The van der Waals surface area contributed by atoms with Gasteiger partial charge in [-0.05, 0) is 37.5 Å². The van der Waals surface area contributed by atoms with Gasteiger partial charge in [0.2, 0.25) is 0 Å². The Balaban J connectivity index is 2.05. The summed E-state index contributed by atoms with van der Waals surface area (Å²) in [6, 6.07) is 15.4. The monoisotopic (exact) mass is 298 g/mol. The van der Waals surface area contributed by atoms with Crippen molar-refractivity contribution in [2.45, 2.75) is 39.7 Å². The average Bonchev–Trinajstić information content (AvgIpc) is 2.50. The third-order valence-corrected chi connectivity index (χ3v) is 3.48. The molecule has 0 radical (unpaired) electrons. The molecule has 1 atom stereocenters. The van der Waals surface area contributed by atoms with Crippen LogP contribution in [-0.4, -0.2) is 6.16 Å². The minimum Gasteiger partial charge on any atom is -0.426 e. The van der Waals surface area contributed by atoms with Gasteiger partial charge in [-0.25, -0.2) is 4.79 Å². The molecule has 0 amide bonds. The van der Waals surface area contributed by atoms with E-state index in [-0.39, 0.29) is 6.10 Å². The van der Waals surface area contributed by atoms with E-state index in [4.69, 9.17) is 9.47 Å². The van der Waals surface area contributed by atoms with Crippen LogP contribution in [0.1, 0.15) is 42.6 Å². The number of aryl methyl sites for hydroxylation is 2. The molecule has 0 aromatic heterocycles. The van der Waals surface area contributed by atoms with Crippen molar-refractivity contribution < 1.29 is 14.3 Å². The fraction of sp³-hybridized carbons (Fsp3) is 0.316. The van der Waals surface area contributed by atoms with Crippen LogP contribution in [0, 0.1) is 13.8 Å². The highest BCUT2D eigenvalue weighted by Crippen LogP contribution is 2.25. The summed E-state index contributed by atoms with van der Waals surface area (Å²) in [5, 5.41) is 0. The maximum atomic E-state index is 12.1. The van der Waals surface area contributed by atoms with E-state index in [1.165, 1.54) is 0 Å². The molecule has 0 aliphatic heterocycles. The Morgan fingerprint density at radius 2 is 1.82 bits per heavy atom. The molecular weight excluding hydrogens is 276 g/mol. The van der Waals surface area contributed by atoms with Crippen molar-refractivity contribution in [2.24, 2.45) is 0 Å². The first-order valence-electron chi connectivity index (χ1n) is 7.60. The molecule has 0 spiro atoms. The topological polar surface area (TPSA) is 35.5 Å². The Bertz CT molecular complexity index is 620. The van der Waals surface area contributed by atoms with Crippen molar-refractivity contribution in [1.82, 2.24) is 0 Å². The van der Waals surface area contributed by atoms with Gasteiger partial charge in [0.25, 0.3) is 0 Å². The molecule has 3 heteroatoms. The molecule has 2 aromatic rings.